The fourth-order valence-corrected chi connectivity index (χ4v) is 6.88. The second-order valence-corrected chi connectivity index (χ2v) is 13.2. The van der Waals surface area contributed by atoms with E-state index in [0.29, 0.717) is 28.5 Å². The molecule has 0 N–H and O–H groups in total. The van der Waals surface area contributed by atoms with Crippen LogP contribution in [-0.4, -0.2) is 15.8 Å². The van der Waals surface area contributed by atoms with Crippen molar-refractivity contribution in [2.24, 2.45) is 0 Å². The molecule has 6 aromatic rings. The van der Waals surface area contributed by atoms with E-state index in [1.165, 1.54) is 55.2 Å². The summed E-state index contributed by atoms with van der Waals surface area (Å²) in [6, 6.07) is 37.2. The molecular formula is C45H44N2O2. The first-order valence-corrected chi connectivity index (χ1v) is 18.1. The normalized spacial score (nSPS) is 11.9. The third kappa shape index (κ3) is 7.05. The third-order valence-electron chi connectivity index (χ3n) is 9.70. The van der Waals surface area contributed by atoms with Gasteiger partial charge in [-0.2, -0.15) is 0 Å². The first-order chi connectivity index (χ1) is 24.1. The van der Waals surface area contributed by atoms with Gasteiger partial charge in [-0.25, -0.2) is 9.97 Å². The highest BCUT2D eigenvalue weighted by Crippen LogP contribution is 2.43. The van der Waals surface area contributed by atoms with Gasteiger partial charge < -0.3 is 4.74 Å². The summed E-state index contributed by atoms with van der Waals surface area (Å²) >= 11 is 0. The Morgan fingerprint density at radius 2 is 1.14 bits per heavy atom. The topological polar surface area (TPSA) is 52.1 Å². The first-order valence-electron chi connectivity index (χ1n) is 18.1. The van der Waals surface area contributed by atoms with E-state index in [1.54, 1.807) is 0 Å². The zero-order chi connectivity index (χ0) is 33.6. The molecular weight excluding hydrogens is 601 g/mol. The van der Waals surface area contributed by atoms with Crippen LogP contribution in [0.5, 0.6) is 11.5 Å². The molecule has 49 heavy (non-hydrogen) atoms. The summed E-state index contributed by atoms with van der Waals surface area (Å²) in [5.41, 5.74) is 9.44. The minimum absolute atomic E-state index is 0.0676. The number of carbonyl (C=O) groups is 1. The summed E-state index contributed by atoms with van der Waals surface area (Å²) < 4.78 is 6.38. The Kier molecular flexibility index (Phi) is 9.93. The molecule has 0 aliphatic heterocycles. The Morgan fingerprint density at radius 3 is 1.86 bits per heavy atom. The lowest BCUT2D eigenvalue weighted by molar-refractivity contribution is 0.103. The lowest BCUT2D eigenvalue weighted by Gasteiger charge is -2.22. The molecule has 0 radical (unpaired) electrons. The number of fused-ring (bicyclic) bond motifs is 2. The summed E-state index contributed by atoms with van der Waals surface area (Å²) in [7, 11) is 0. The van der Waals surface area contributed by atoms with Crippen molar-refractivity contribution in [3.63, 3.8) is 0 Å². The summed E-state index contributed by atoms with van der Waals surface area (Å²) in [5, 5.41) is 0.738. The lowest BCUT2D eigenvalue weighted by atomic mass is 9.86. The molecule has 246 valence electrons. The molecule has 1 aliphatic carbocycles. The molecule has 4 heteroatoms. The van der Waals surface area contributed by atoms with E-state index in [9.17, 15) is 4.79 Å². The maximum atomic E-state index is 14.0. The van der Waals surface area contributed by atoms with Crippen LogP contribution >= 0.6 is 0 Å². The maximum Gasteiger partial charge on any atom is 0.198 e. The second-order valence-electron chi connectivity index (χ2n) is 13.2. The van der Waals surface area contributed by atoms with Crippen molar-refractivity contribution in [2.75, 3.05) is 0 Å². The van der Waals surface area contributed by atoms with Gasteiger partial charge in [0.1, 0.15) is 11.5 Å². The number of benzene rings is 5. The number of rotatable bonds is 14. The van der Waals surface area contributed by atoms with E-state index in [0.717, 1.165) is 59.0 Å². The zero-order valence-corrected chi connectivity index (χ0v) is 28.7. The van der Waals surface area contributed by atoms with Gasteiger partial charge in [0, 0.05) is 22.1 Å². The molecule has 1 aliphatic rings. The maximum absolute atomic E-state index is 14.0. The Labute approximate surface area is 290 Å². The molecule has 0 bridgehead atoms. The van der Waals surface area contributed by atoms with E-state index in [2.05, 4.69) is 74.5 Å². The van der Waals surface area contributed by atoms with Gasteiger partial charge in [-0.1, -0.05) is 137 Å². The summed E-state index contributed by atoms with van der Waals surface area (Å²) in [6.07, 6.45) is 12.4. The summed E-state index contributed by atoms with van der Waals surface area (Å²) in [4.78, 5) is 24.1. The molecule has 0 spiro atoms. The molecule has 0 unspecified atom stereocenters. The van der Waals surface area contributed by atoms with Gasteiger partial charge in [-0.3, -0.25) is 4.79 Å². The monoisotopic (exact) mass is 644 g/mol. The van der Waals surface area contributed by atoms with Crippen molar-refractivity contribution in [1.29, 1.82) is 0 Å². The van der Waals surface area contributed by atoms with Gasteiger partial charge in [0.05, 0.1) is 16.8 Å². The molecule has 0 saturated heterocycles. The number of carbonyl (C=O) groups excluding carboxylic acids is 1. The van der Waals surface area contributed by atoms with Crippen LogP contribution in [0.1, 0.15) is 92.3 Å². The molecule has 7 rings (SSSR count). The van der Waals surface area contributed by atoms with E-state index < -0.39 is 0 Å². The van der Waals surface area contributed by atoms with Crippen molar-refractivity contribution in [1.82, 2.24) is 9.97 Å². The van der Waals surface area contributed by atoms with Crippen LogP contribution in [0, 0.1) is 0 Å². The number of ketones is 1. The van der Waals surface area contributed by atoms with Crippen LogP contribution in [-0.2, 0) is 12.8 Å². The second kappa shape index (κ2) is 15.0. The fourth-order valence-electron chi connectivity index (χ4n) is 6.88. The van der Waals surface area contributed by atoms with Crippen LogP contribution in [0.3, 0.4) is 0 Å². The van der Waals surface area contributed by atoms with Gasteiger partial charge >= 0.3 is 0 Å². The average molecular weight is 645 g/mol. The zero-order valence-electron chi connectivity index (χ0n) is 28.7. The number of aromatic nitrogens is 2. The van der Waals surface area contributed by atoms with Crippen molar-refractivity contribution in [3.8, 4) is 45.3 Å². The largest absolute Gasteiger partial charge is 0.457 e. The van der Waals surface area contributed by atoms with Crippen LogP contribution < -0.4 is 4.74 Å². The van der Waals surface area contributed by atoms with Crippen molar-refractivity contribution < 1.29 is 9.53 Å². The molecule has 1 aromatic heterocycles. The van der Waals surface area contributed by atoms with Gasteiger partial charge in [-0.15, -0.1) is 0 Å². The Morgan fingerprint density at radius 1 is 0.551 bits per heavy atom. The van der Waals surface area contributed by atoms with Gasteiger partial charge in [0.25, 0.3) is 0 Å². The Bertz CT molecular complexity index is 2060. The highest BCUT2D eigenvalue weighted by atomic mass is 16.5. The fraction of sp³-hybridized carbons (Fsp3) is 0.267. The van der Waals surface area contributed by atoms with Crippen LogP contribution in [0.15, 0.2) is 109 Å². The number of aryl methyl sites for hydroxylation is 2. The van der Waals surface area contributed by atoms with Crippen LogP contribution in [0.2, 0.25) is 0 Å². The predicted octanol–water partition coefficient (Wildman–Crippen LogP) is 12.2. The van der Waals surface area contributed by atoms with Crippen molar-refractivity contribution in [3.05, 3.63) is 131 Å². The minimum atomic E-state index is -0.0676. The number of hydrogen-bond donors (Lipinski definition) is 0. The lowest BCUT2D eigenvalue weighted by Crippen LogP contribution is -2.13. The number of nitrogens with zero attached hydrogens (tertiary/aromatic N) is 2. The molecule has 0 atom stereocenters. The third-order valence-corrected chi connectivity index (χ3v) is 9.70. The quantitative estimate of drug-likeness (QED) is 0.111. The average Bonchev–Trinajstić information content (AvgIpc) is 3.15. The molecule has 4 nitrogen and oxygen atoms in total. The van der Waals surface area contributed by atoms with Gasteiger partial charge in [0.15, 0.2) is 11.6 Å². The number of ether oxygens (including phenoxy) is 1. The Hall–Kier alpha value is -5.09. The van der Waals surface area contributed by atoms with Gasteiger partial charge in [-0.05, 0) is 72.2 Å². The molecule has 1 heterocycles. The first kappa shape index (κ1) is 32.5. The predicted molar refractivity (Wildman–Crippen MR) is 201 cm³/mol. The van der Waals surface area contributed by atoms with E-state index in [1.807, 2.05) is 48.5 Å². The van der Waals surface area contributed by atoms with E-state index >= 15 is 0 Å². The smallest absolute Gasteiger partial charge is 0.198 e. The highest BCUT2D eigenvalue weighted by Gasteiger charge is 2.30. The SMILES string of the molecule is CCCCCCCCc1ccc(-c2ccc(-c3nc4c5c(c(Oc6ccc(CCCC)cc6)ccc5n3)C(=O)c3ccccc3-4)cc2)cc1. The highest BCUT2D eigenvalue weighted by molar-refractivity contribution is 6.26. The van der Waals surface area contributed by atoms with Crippen LogP contribution in [0.25, 0.3) is 44.7 Å². The van der Waals surface area contributed by atoms with E-state index in [-0.39, 0.29) is 5.78 Å². The molecule has 0 fully saturated rings. The standard InChI is InChI=1S/C45H44N2O2/c1-3-5-7-8-9-10-14-32-17-21-33(22-18-32)34-23-25-35(26-24-34)45-46-39-29-30-40(49-36-27-19-31(20-28-36)13-6-4-2)42-41(39)43(47-45)37-15-11-12-16-38(37)44(42)48/h11-12,15-30H,3-10,13-14H2,1-2H3. The van der Waals surface area contributed by atoms with E-state index in [4.69, 9.17) is 14.7 Å². The summed E-state index contributed by atoms with van der Waals surface area (Å²) in [5.74, 6) is 1.79. The number of unbranched alkanes of at least 4 members (excludes halogenated alkanes) is 6. The Balaban J connectivity index is 1.16. The van der Waals surface area contributed by atoms with Crippen molar-refractivity contribution >= 4 is 16.7 Å². The molecule has 5 aromatic carbocycles. The summed E-state index contributed by atoms with van der Waals surface area (Å²) in [6.45, 7) is 4.47. The van der Waals surface area contributed by atoms with Gasteiger partial charge in [0.2, 0.25) is 0 Å². The van der Waals surface area contributed by atoms with Crippen LogP contribution in [0.4, 0.5) is 0 Å². The number of hydrogen-bond acceptors (Lipinski definition) is 4. The van der Waals surface area contributed by atoms with Crippen molar-refractivity contribution in [2.45, 2.75) is 78.1 Å². The molecule has 0 amide bonds. The molecule has 0 saturated carbocycles. The minimum Gasteiger partial charge on any atom is -0.457 e.